The van der Waals surface area contributed by atoms with Crippen molar-refractivity contribution in [1.29, 1.82) is 0 Å². The first-order valence-electron chi connectivity index (χ1n) is 5.45. The van der Waals surface area contributed by atoms with E-state index in [0.717, 1.165) is 0 Å². The summed E-state index contributed by atoms with van der Waals surface area (Å²) < 4.78 is 37.1. The van der Waals surface area contributed by atoms with Crippen molar-refractivity contribution in [2.75, 3.05) is 0 Å². The predicted octanol–water partition coefficient (Wildman–Crippen LogP) is 2.39. The molecule has 1 amide bonds. The molecule has 1 rings (SSSR count). The van der Waals surface area contributed by atoms with Gasteiger partial charge in [-0.2, -0.15) is 13.2 Å². The molecule has 0 aliphatic rings. The van der Waals surface area contributed by atoms with Crippen molar-refractivity contribution in [2.24, 2.45) is 5.73 Å². The van der Waals surface area contributed by atoms with Gasteiger partial charge in [-0.25, -0.2) is 0 Å². The normalized spacial score (nSPS) is 13.5. The molecule has 1 aromatic rings. The highest BCUT2D eigenvalue weighted by Gasteiger charge is 2.37. The first-order chi connectivity index (χ1) is 8.21. The van der Waals surface area contributed by atoms with Gasteiger partial charge in [0.15, 0.2) is 0 Å². The molecule has 3 nitrogen and oxygen atoms in total. The van der Waals surface area contributed by atoms with Crippen LogP contribution in [0.15, 0.2) is 24.3 Å². The molecule has 0 spiro atoms. The van der Waals surface area contributed by atoms with Crippen molar-refractivity contribution < 1.29 is 18.0 Å². The van der Waals surface area contributed by atoms with Gasteiger partial charge < -0.3 is 11.1 Å². The molecular weight excluding hydrogens is 245 g/mol. The van der Waals surface area contributed by atoms with Gasteiger partial charge >= 0.3 is 6.18 Å². The second-order valence-corrected chi connectivity index (χ2v) is 4.27. The van der Waals surface area contributed by atoms with E-state index in [9.17, 15) is 18.0 Å². The Bertz CT molecular complexity index is 412. The Morgan fingerprint density at radius 1 is 1.22 bits per heavy atom. The van der Waals surface area contributed by atoms with Gasteiger partial charge in [0, 0.05) is 11.6 Å². The zero-order chi connectivity index (χ0) is 13.9. The lowest BCUT2D eigenvalue weighted by atomic mass is 10.0. The number of carbonyl (C=O) groups excluding carboxylic acids is 1. The van der Waals surface area contributed by atoms with E-state index in [2.05, 4.69) is 5.32 Å². The maximum atomic E-state index is 12.4. The van der Waals surface area contributed by atoms with Crippen molar-refractivity contribution >= 4 is 5.91 Å². The number of amides is 1. The topological polar surface area (TPSA) is 55.1 Å². The van der Waals surface area contributed by atoms with Gasteiger partial charge in [-0.15, -0.1) is 0 Å². The van der Waals surface area contributed by atoms with E-state index < -0.39 is 12.2 Å². The fraction of sp³-hybridized carbons (Fsp3) is 0.417. The number of hydrogen-bond acceptors (Lipinski definition) is 2. The Hall–Kier alpha value is -1.56. The van der Waals surface area contributed by atoms with Crippen molar-refractivity contribution in [3.8, 4) is 0 Å². The van der Waals surface area contributed by atoms with E-state index in [1.54, 1.807) is 13.8 Å². The molecule has 0 saturated heterocycles. The molecule has 100 valence electrons. The Kier molecular flexibility index (Phi) is 4.34. The van der Waals surface area contributed by atoms with Gasteiger partial charge in [-0.05, 0) is 31.5 Å². The SMILES string of the molecule is CC(C)NC(=O)c1ccc(C(N)C(F)(F)F)cc1. The lowest BCUT2D eigenvalue weighted by Gasteiger charge is -2.16. The molecule has 0 bridgehead atoms. The average Bonchev–Trinajstić information content (AvgIpc) is 2.26. The van der Waals surface area contributed by atoms with Crippen LogP contribution >= 0.6 is 0 Å². The maximum Gasteiger partial charge on any atom is 0.407 e. The highest BCUT2D eigenvalue weighted by molar-refractivity contribution is 5.94. The van der Waals surface area contributed by atoms with Crippen LogP contribution in [0.4, 0.5) is 13.2 Å². The van der Waals surface area contributed by atoms with E-state index in [1.165, 1.54) is 24.3 Å². The lowest BCUT2D eigenvalue weighted by molar-refractivity contribution is -0.149. The Balaban J connectivity index is 2.83. The third-order valence-corrected chi connectivity index (χ3v) is 2.30. The largest absolute Gasteiger partial charge is 0.407 e. The van der Waals surface area contributed by atoms with Gasteiger partial charge in [0.1, 0.15) is 6.04 Å². The Morgan fingerprint density at radius 2 is 1.72 bits per heavy atom. The molecule has 0 saturated carbocycles. The highest BCUT2D eigenvalue weighted by Crippen LogP contribution is 2.30. The third-order valence-electron chi connectivity index (χ3n) is 2.30. The highest BCUT2D eigenvalue weighted by atomic mass is 19.4. The minimum absolute atomic E-state index is 0.0328. The minimum atomic E-state index is -4.48. The zero-order valence-electron chi connectivity index (χ0n) is 10.1. The number of hydrogen-bond donors (Lipinski definition) is 2. The van der Waals surface area contributed by atoms with Crippen LogP contribution in [-0.4, -0.2) is 18.1 Å². The molecule has 6 heteroatoms. The van der Waals surface area contributed by atoms with Crippen LogP contribution < -0.4 is 11.1 Å². The van der Waals surface area contributed by atoms with Crippen LogP contribution in [-0.2, 0) is 0 Å². The van der Waals surface area contributed by atoms with Crippen LogP contribution in [0.25, 0.3) is 0 Å². The molecule has 1 aromatic carbocycles. The van der Waals surface area contributed by atoms with Crippen molar-refractivity contribution in [2.45, 2.75) is 32.1 Å². The molecule has 3 N–H and O–H groups in total. The van der Waals surface area contributed by atoms with Gasteiger partial charge in [0.05, 0.1) is 0 Å². The van der Waals surface area contributed by atoms with Crippen molar-refractivity contribution in [3.05, 3.63) is 35.4 Å². The van der Waals surface area contributed by atoms with Gasteiger partial charge in [-0.1, -0.05) is 12.1 Å². The molecule has 1 atom stereocenters. The molecule has 0 radical (unpaired) electrons. The smallest absolute Gasteiger partial charge is 0.350 e. The zero-order valence-corrected chi connectivity index (χ0v) is 10.1. The number of nitrogens with two attached hydrogens (primary N) is 1. The number of rotatable bonds is 3. The summed E-state index contributed by atoms with van der Waals surface area (Å²) in [5.41, 5.74) is 5.29. The monoisotopic (exact) mass is 260 g/mol. The van der Waals surface area contributed by atoms with Crippen molar-refractivity contribution in [1.82, 2.24) is 5.32 Å². The second kappa shape index (κ2) is 5.39. The standard InChI is InChI=1S/C12H15F3N2O/c1-7(2)17-11(18)9-5-3-8(4-6-9)10(16)12(13,14)15/h3-7,10H,16H2,1-2H3,(H,17,18). The van der Waals surface area contributed by atoms with Crippen molar-refractivity contribution in [3.63, 3.8) is 0 Å². The quantitative estimate of drug-likeness (QED) is 0.876. The van der Waals surface area contributed by atoms with Gasteiger partial charge in [0.25, 0.3) is 5.91 Å². The van der Waals surface area contributed by atoms with Crippen LogP contribution in [0, 0.1) is 0 Å². The summed E-state index contributed by atoms with van der Waals surface area (Å²) in [6.07, 6.45) is -4.48. The first-order valence-corrected chi connectivity index (χ1v) is 5.45. The minimum Gasteiger partial charge on any atom is -0.350 e. The molecule has 1 unspecified atom stereocenters. The van der Waals surface area contributed by atoms with E-state index in [-0.39, 0.29) is 17.5 Å². The number of carbonyl (C=O) groups is 1. The van der Waals surface area contributed by atoms with Crippen LogP contribution in [0.1, 0.15) is 35.8 Å². The second-order valence-electron chi connectivity index (χ2n) is 4.27. The van der Waals surface area contributed by atoms with E-state index in [1.807, 2.05) is 0 Å². The van der Waals surface area contributed by atoms with Crippen LogP contribution in [0.5, 0.6) is 0 Å². The summed E-state index contributed by atoms with van der Waals surface area (Å²) in [5.74, 6) is -0.322. The van der Waals surface area contributed by atoms with E-state index in [4.69, 9.17) is 5.73 Å². The molecule has 0 fully saturated rings. The number of alkyl halides is 3. The summed E-state index contributed by atoms with van der Waals surface area (Å²) in [6.45, 7) is 3.59. The van der Waals surface area contributed by atoms with Gasteiger partial charge in [0.2, 0.25) is 0 Å². The molecule has 18 heavy (non-hydrogen) atoms. The van der Waals surface area contributed by atoms with Crippen LogP contribution in [0.3, 0.4) is 0 Å². The number of nitrogens with one attached hydrogen (secondary N) is 1. The molecule has 0 heterocycles. The number of halogens is 3. The Labute approximate surface area is 103 Å². The van der Waals surface area contributed by atoms with Crippen LogP contribution in [0.2, 0.25) is 0 Å². The fourth-order valence-electron chi connectivity index (χ4n) is 1.38. The molecule has 0 aliphatic heterocycles. The summed E-state index contributed by atoms with van der Waals surface area (Å²) in [4.78, 5) is 11.6. The first kappa shape index (κ1) is 14.5. The summed E-state index contributed by atoms with van der Waals surface area (Å²) in [7, 11) is 0. The predicted molar refractivity (Wildman–Crippen MR) is 62.0 cm³/mol. The fourth-order valence-corrected chi connectivity index (χ4v) is 1.38. The van der Waals surface area contributed by atoms with E-state index in [0.29, 0.717) is 5.56 Å². The maximum absolute atomic E-state index is 12.4. The Morgan fingerprint density at radius 3 is 2.11 bits per heavy atom. The summed E-state index contributed by atoms with van der Waals surface area (Å²) in [5, 5.41) is 2.65. The summed E-state index contributed by atoms with van der Waals surface area (Å²) >= 11 is 0. The lowest BCUT2D eigenvalue weighted by Crippen LogP contribution is -2.30. The average molecular weight is 260 g/mol. The third kappa shape index (κ3) is 3.73. The molecule has 0 aliphatic carbocycles. The summed E-state index contributed by atoms with van der Waals surface area (Å²) in [6, 6.07) is 3.03. The van der Waals surface area contributed by atoms with E-state index >= 15 is 0 Å². The molecule has 0 aromatic heterocycles. The number of benzene rings is 1. The van der Waals surface area contributed by atoms with Gasteiger partial charge in [-0.3, -0.25) is 4.79 Å². The molecular formula is C12H15F3N2O.